The topological polar surface area (TPSA) is 52.6 Å². The van der Waals surface area contributed by atoms with Crippen molar-refractivity contribution in [1.29, 1.82) is 0 Å². The molecule has 4 heterocycles. The Bertz CT molecular complexity index is 728. The Hall–Kier alpha value is -1.73. The maximum Gasteiger partial charge on any atom is 0.598 e. The smallest absolute Gasteiger partial charge is 0.598 e. The van der Waals surface area contributed by atoms with Crippen LogP contribution in [0.25, 0.3) is 9.75 Å². The van der Waals surface area contributed by atoms with Gasteiger partial charge in [0, 0.05) is 15.6 Å². The number of carbonyl (C=O) groups excluding carboxylic acids is 2. The summed E-state index contributed by atoms with van der Waals surface area (Å²) < 4.78 is 11.7. The maximum absolute atomic E-state index is 11.6. The molecule has 4 nitrogen and oxygen atoms in total. The van der Waals surface area contributed by atoms with E-state index in [-0.39, 0.29) is 24.8 Å². The molecular formula is C14H11BO4S2. The van der Waals surface area contributed by atoms with Gasteiger partial charge in [-0.1, -0.05) is 6.07 Å². The number of fused-ring (bicyclic) bond motifs is 1. The Kier molecular flexibility index (Phi) is 2.71. The molecular weight excluding hydrogens is 307 g/mol. The van der Waals surface area contributed by atoms with Crippen LogP contribution in [0.2, 0.25) is 0 Å². The summed E-state index contributed by atoms with van der Waals surface area (Å²) in [5, 5.41) is 2.10. The molecule has 0 N–H and O–H groups in total. The van der Waals surface area contributed by atoms with Crippen LogP contribution in [0.4, 0.5) is 0 Å². The molecule has 0 unspecified atom stereocenters. The molecule has 21 heavy (non-hydrogen) atoms. The summed E-state index contributed by atoms with van der Waals surface area (Å²) in [6.07, 6.45) is 0.383. The van der Waals surface area contributed by atoms with Gasteiger partial charge in [0.05, 0.1) is 0 Å². The zero-order valence-corrected chi connectivity index (χ0v) is 12.9. The van der Waals surface area contributed by atoms with E-state index in [1.54, 1.807) is 11.3 Å². The van der Waals surface area contributed by atoms with Crippen molar-refractivity contribution in [1.82, 2.24) is 0 Å². The molecule has 0 atom stereocenters. The van der Waals surface area contributed by atoms with Gasteiger partial charge in [0.2, 0.25) is 0 Å². The van der Waals surface area contributed by atoms with Gasteiger partial charge in [0.1, 0.15) is 12.8 Å². The van der Waals surface area contributed by atoms with Crippen molar-refractivity contribution in [3.8, 4) is 9.75 Å². The first-order valence-corrected chi connectivity index (χ1v) is 8.35. The number of aryl methyl sites for hydroxylation is 1. The lowest BCUT2D eigenvalue weighted by molar-refractivity contribution is -0.138. The van der Waals surface area contributed by atoms with Crippen molar-refractivity contribution < 1.29 is 18.9 Å². The molecule has 0 bridgehead atoms. The molecule has 2 aromatic rings. The van der Waals surface area contributed by atoms with Crippen LogP contribution in [0.15, 0.2) is 23.6 Å². The van der Waals surface area contributed by atoms with Gasteiger partial charge in [0.15, 0.2) is 0 Å². The number of carbonyl (C=O) groups is 2. The van der Waals surface area contributed by atoms with E-state index in [2.05, 4.69) is 18.4 Å². The summed E-state index contributed by atoms with van der Waals surface area (Å²) in [7, 11) is 0. The Morgan fingerprint density at radius 2 is 1.86 bits per heavy atom. The zero-order valence-electron chi connectivity index (χ0n) is 11.3. The van der Waals surface area contributed by atoms with E-state index in [1.807, 2.05) is 12.1 Å². The highest BCUT2D eigenvalue weighted by Gasteiger charge is 2.66. The lowest BCUT2D eigenvalue weighted by Gasteiger charge is -2.23. The minimum absolute atomic E-state index is 0.192. The largest absolute Gasteiger partial charge is 0.609 e. The lowest BCUT2D eigenvalue weighted by Crippen LogP contribution is -2.51. The maximum atomic E-state index is 11.6. The van der Waals surface area contributed by atoms with Crippen LogP contribution in [0, 0.1) is 12.7 Å². The van der Waals surface area contributed by atoms with Crippen molar-refractivity contribution in [3.05, 3.63) is 35.0 Å². The van der Waals surface area contributed by atoms with Crippen molar-refractivity contribution >= 4 is 45.9 Å². The molecule has 2 fully saturated rings. The van der Waals surface area contributed by atoms with Gasteiger partial charge in [-0.2, -0.15) is 11.3 Å². The van der Waals surface area contributed by atoms with E-state index in [0.717, 1.165) is 15.5 Å². The second-order valence-corrected chi connectivity index (χ2v) is 7.42. The lowest BCUT2D eigenvalue weighted by atomic mass is 9.48. The van der Waals surface area contributed by atoms with E-state index >= 15 is 0 Å². The Morgan fingerprint density at radius 1 is 1.14 bits per heavy atom. The molecule has 0 amide bonds. The predicted molar refractivity (Wildman–Crippen MR) is 82.4 cm³/mol. The molecule has 4 rings (SSSR count). The number of thiophene rings is 2. The SMILES string of the molecule is Cc1csc(-c2ccc([B-]34OC(=O)C[C+]3CC(=O)O4)s2)c1. The molecule has 0 aliphatic carbocycles. The van der Waals surface area contributed by atoms with Gasteiger partial charge < -0.3 is 9.31 Å². The monoisotopic (exact) mass is 318 g/mol. The number of rotatable bonds is 2. The highest BCUT2D eigenvalue weighted by molar-refractivity contribution is 7.30. The van der Waals surface area contributed by atoms with E-state index < -0.39 is 6.55 Å². The van der Waals surface area contributed by atoms with Crippen molar-refractivity contribution in [2.45, 2.75) is 19.8 Å². The Labute approximate surface area is 129 Å². The van der Waals surface area contributed by atoms with Crippen LogP contribution in [0.3, 0.4) is 0 Å². The van der Waals surface area contributed by atoms with Crippen molar-refractivity contribution in [2.24, 2.45) is 0 Å². The molecule has 0 aromatic carbocycles. The Balaban J connectivity index is 1.74. The average Bonchev–Trinajstić information content (AvgIpc) is 3.11. The fraction of sp³-hybridized carbons (Fsp3) is 0.214. The standard InChI is InChI=1S/C14H11BO4S2/c1-8-4-11(20-7-8)10-2-3-12(21-10)15-9(5-13(16)18-15)6-14(17)19-15/h2-4,7H,5-6H2,1H3. The summed E-state index contributed by atoms with van der Waals surface area (Å²) >= 11 is 3.21. The second kappa shape index (κ2) is 4.38. The number of hydrogen-bond acceptors (Lipinski definition) is 6. The average molecular weight is 318 g/mol. The molecule has 2 aliphatic heterocycles. The highest BCUT2D eigenvalue weighted by Crippen LogP contribution is 2.42. The van der Waals surface area contributed by atoms with Gasteiger partial charge in [-0.15, -0.1) is 11.3 Å². The van der Waals surface area contributed by atoms with Gasteiger partial charge in [0.25, 0.3) is 0 Å². The van der Waals surface area contributed by atoms with Gasteiger partial charge in [-0.3, -0.25) is 9.59 Å². The molecule has 0 saturated carbocycles. The third kappa shape index (κ3) is 1.92. The summed E-state index contributed by atoms with van der Waals surface area (Å²) in [6.45, 7) is 0.0284. The quantitative estimate of drug-likeness (QED) is 0.630. The third-order valence-electron chi connectivity index (χ3n) is 3.85. The fourth-order valence-electron chi connectivity index (χ4n) is 2.91. The van der Waals surface area contributed by atoms with Crippen LogP contribution in [0.1, 0.15) is 18.4 Å². The zero-order chi connectivity index (χ0) is 14.6. The van der Waals surface area contributed by atoms with Crippen LogP contribution >= 0.6 is 22.7 Å². The van der Waals surface area contributed by atoms with Crippen LogP contribution in [-0.4, -0.2) is 18.5 Å². The van der Waals surface area contributed by atoms with Crippen LogP contribution in [0.5, 0.6) is 0 Å². The summed E-state index contributed by atoms with van der Waals surface area (Å²) in [6, 6.07) is 6.03. The summed E-state index contributed by atoms with van der Waals surface area (Å²) in [5.41, 5.74) is 1.22. The minimum Gasteiger partial charge on any atom is -0.609 e. The van der Waals surface area contributed by atoms with E-state index in [9.17, 15) is 9.59 Å². The first-order valence-electron chi connectivity index (χ1n) is 6.65. The molecule has 2 aromatic heterocycles. The van der Waals surface area contributed by atoms with E-state index in [1.165, 1.54) is 21.8 Å². The van der Waals surface area contributed by atoms with Crippen LogP contribution in [-0.2, 0) is 18.9 Å². The third-order valence-corrected chi connectivity index (χ3v) is 6.32. The normalized spacial score (nSPS) is 19.6. The first-order chi connectivity index (χ1) is 10.1. The first kappa shape index (κ1) is 13.0. The molecule has 0 spiro atoms. The molecule has 2 aliphatic rings. The van der Waals surface area contributed by atoms with Gasteiger partial charge >= 0.3 is 18.5 Å². The van der Waals surface area contributed by atoms with E-state index in [4.69, 9.17) is 9.31 Å². The second-order valence-electron chi connectivity index (χ2n) is 5.39. The number of hydrogen-bond donors (Lipinski definition) is 0. The fourth-order valence-corrected chi connectivity index (χ4v) is 5.11. The Morgan fingerprint density at radius 3 is 2.48 bits per heavy atom. The van der Waals surface area contributed by atoms with Gasteiger partial charge in [-0.05, 0) is 34.8 Å². The van der Waals surface area contributed by atoms with Crippen molar-refractivity contribution in [3.63, 3.8) is 0 Å². The van der Waals surface area contributed by atoms with Crippen molar-refractivity contribution in [2.75, 3.05) is 0 Å². The highest BCUT2D eigenvalue weighted by atomic mass is 32.1. The molecule has 7 heteroatoms. The van der Waals surface area contributed by atoms with Crippen LogP contribution < -0.4 is 4.78 Å². The predicted octanol–water partition coefficient (Wildman–Crippen LogP) is 2.44. The molecule has 2 saturated heterocycles. The molecule has 106 valence electrons. The summed E-state index contributed by atoms with van der Waals surface area (Å²) in [5.74, 6) is 0.166. The van der Waals surface area contributed by atoms with E-state index in [0.29, 0.717) is 0 Å². The molecule has 0 radical (unpaired) electrons. The minimum atomic E-state index is -2.03. The van der Waals surface area contributed by atoms with Gasteiger partial charge in [-0.25, -0.2) is 0 Å². The summed E-state index contributed by atoms with van der Waals surface area (Å²) in [4.78, 5) is 25.5.